The maximum Gasteiger partial charge on any atom is 0.208 e. The topological polar surface area (TPSA) is 0 Å². The van der Waals surface area contributed by atoms with Gasteiger partial charge in [0.15, 0.2) is 0 Å². The normalized spacial score (nSPS) is 30.4. The molecule has 0 radical (unpaired) electrons. The standard InChI is InChI=1S/C14H15BrFI/c1-3-9-8-10(4-2)14(16,17)13-11(9)6-5-7-12(13)15/h4-7,9H,3,8H2,1-2H3. The number of rotatable bonds is 1. The van der Waals surface area contributed by atoms with Crippen molar-refractivity contribution in [3.8, 4) is 0 Å². The first-order chi connectivity index (χ1) is 8.02. The molecule has 0 heterocycles. The van der Waals surface area contributed by atoms with E-state index < -0.39 is 3.68 Å². The summed E-state index contributed by atoms with van der Waals surface area (Å²) in [5.41, 5.74) is 2.86. The number of hydrogen-bond acceptors (Lipinski definition) is 0. The van der Waals surface area contributed by atoms with Gasteiger partial charge in [-0.2, -0.15) is 0 Å². The lowest BCUT2D eigenvalue weighted by molar-refractivity contribution is 0.335. The minimum Gasteiger partial charge on any atom is -0.222 e. The van der Waals surface area contributed by atoms with E-state index in [0.717, 1.165) is 34.0 Å². The van der Waals surface area contributed by atoms with E-state index >= 15 is 0 Å². The van der Waals surface area contributed by atoms with E-state index in [4.69, 9.17) is 0 Å². The Labute approximate surface area is 124 Å². The van der Waals surface area contributed by atoms with Gasteiger partial charge in [0.25, 0.3) is 0 Å². The van der Waals surface area contributed by atoms with Gasteiger partial charge in [0.2, 0.25) is 3.68 Å². The molecule has 0 amide bonds. The monoisotopic (exact) mass is 408 g/mol. The highest BCUT2D eigenvalue weighted by molar-refractivity contribution is 14.1. The highest BCUT2D eigenvalue weighted by Crippen LogP contribution is 2.54. The van der Waals surface area contributed by atoms with Crippen LogP contribution in [0.1, 0.15) is 43.7 Å². The summed E-state index contributed by atoms with van der Waals surface area (Å²) in [6, 6.07) is 5.99. The third-order valence-electron chi connectivity index (χ3n) is 3.51. The second-order valence-electron chi connectivity index (χ2n) is 4.40. The van der Waals surface area contributed by atoms with E-state index in [1.807, 2.05) is 47.7 Å². The molecule has 0 aliphatic heterocycles. The predicted molar refractivity (Wildman–Crippen MR) is 82.4 cm³/mol. The van der Waals surface area contributed by atoms with Crippen LogP contribution in [0.15, 0.2) is 34.3 Å². The van der Waals surface area contributed by atoms with Gasteiger partial charge >= 0.3 is 0 Å². The Morgan fingerprint density at radius 1 is 1.59 bits per heavy atom. The van der Waals surface area contributed by atoms with Gasteiger partial charge in [-0.1, -0.05) is 41.1 Å². The van der Waals surface area contributed by atoms with Crippen LogP contribution in [0, 0.1) is 0 Å². The van der Waals surface area contributed by atoms with E-state index in [2.05, 4.69) is 28.9 Å². The lowest BCUT2D eigenvalue weighted by Crippen LogP contribution is -2.25. The van der Waals surface area contributed by atoms with Crippen LogP contribution in [0.4, 0.5) is 4.39 Å². The van der Waals surface area contributed by atoms with Gasteiger partial charge in [0.05, 0.1) is 0 Å². The van der Waals surface area contributed by atoms with Crippen molar-refractivity contribution in [2.45, 2.75) is 36.3 Å². The average Bonchev–Trinajstić information content (AvgIpc) is 2.29. The van der Waals surface area contributed by atoms with Crippen molar-refractivity contribution in [2.24, 2.45) is 0 Å². The van der Waals surface area contributed by atoms with Crippen molar-refractivity contribution in [3.05, 3.63) is 45.4 Å². The molecule has 92 valence electrons. The zero-order chi connectivity index (χ0) is 12.6. The first kappa shape index (κ1) is 13.5. The lowest BCUT2D eigenvalue weighted by atomic mass is 9.77. The van der Waals surface area contributed by atoms with Crippen molar-refractivity contribution in [1.82, 2.24) is 0 Å². The first-order valence-electron chi connectivity index (χ1n) is 5.84. The van der Waals surface area contributed by atoms with Gasteiger partial charge in [0.1, 0.15) is 0 Å². The van der Waals surface area contributed by atoms with Gasteiger partial charge in [-0.25, -0.2) is 4.39 Å². The zero-order valence-corrected chi connectivity index (χ0v) is 13.7. The number of hydrogen-bond donors (Lipinski definition) is 0. The molecular weight excluding hydrogens is 394 g/mol. The SMILES string of the molecule is CC=C1CC(CC)c2cccc(Br)c2C1(F)I. The molecule has 0 nitrogen and oxygen atoms in total. The number of halogens is 3. The summed E-state index contributed by atoms with van der Waals surface area (Å²) < 4.78 is 14.5. The third kappa shape index (κ3) is 2.21. The average molecular weight is 409 g/mol. The van der Waals surface area contributed by atoms with Crippen LogP contribution in [-0.4, -0.2) is 0 Å². The van der Waals surface area contributed by atoms with Gasteiger partial charge in [-0.05, 0) is 65.5 Å². The number of fused-ring (bicyclic) bond motifs is 1. The molecule has 0 saturated carbocycles. The van der Waals surface area contributed by atoms with Crippen molar-refractivity contribution >= 4 is 38.5 Å². The van der Waals surface area contributed by atoms with E-state index in [0.29, 0.717) is 5.92 Å². The molecule has 1 aliphatic carbocycles. The van der Waals surface area contributed by atoms with Crippen molar-refractivity contribution < 1.29 is 4.39 Å². The fourth-order valence-electron chi connectivity index (χ4n) is 2.54. The van der Waals surface area contributed by atoms with Crippen LogP contribution in [0.3, 0.4) is 0 Å². The lowest BCUT2D eigenvalue weighted by Gasteiger charge is -2.35. The Morgan fingerprint density at radius 2 is 2.29 bits per heavy atom. The van der Waals surface area contributed by atoms with Crippen LogP contribution < -0.4 is 0 Å². The fourth-order valence-corrected chi connectivity index (χ4v) is 4.70. The second-order valence-corrected chi connectivity index (χ2v) is 6.74. The summed E-state index contributed by atoms with van der Waals surface area (Å²) in [7, 11) is 0. The maximum atomic E-state index is 15.0. The van der Waals surface area contributed by atoms with Crippen LogP contribution in [0.25, 0.3) is 0 Å². The fraction of sp³-hybridized carbons (Fsp3) is 0.429. The summed E-state index contributed by atoms with van der Waals surface area (Å²) in [5.74, 6) is 0.437. The second kappa shape index (κ2) is 5.00. The van der Waals surface area contributed by atoms with Crippen LogP contribution >= 0.6 is 38.5 Å². The third-order valence-corrected chi connectivity index (χ3v) is 5.40. The van der Waals surface area contributed by atoms with Gasteiger partial charge in [-0.15, -0.1) is 0 Å². The number of benzene rings is 1. The predicted octanol–water partition coefficient (Wildman–Crippen LogP) is 5.85. The maximum absolute atomic E-state index is 15.0. The van der Waals surface area contributed by atoms with Gasteiger partial charge < -0.3 is 0 Å². The smallest absolute Gasteiger partial charge is 0.208 e. The molecule has 0 fully saturated rings. The molecule has 1 aromatic carbocycles. The molecule has 1 aliphatic rings. The summed E-state index contributed by atoms with van der Waals surface area (Å²) in [6.45, 7) is 4.10. The molecular formula is C14H15BrFI. The van der Waals surface area contributed by atoms with Crippen LogP contribution in [0.5, 0.6) is 0 Å². The number of allylic oxidation sites excluding steroid dienone is 2. The Balaban J connectivity index is 2.69. The van der Waals surface area contributed by atoms with Gasteiger partial charge in [0, 0.05) is 10.0 Å². The number of alkyl halides is 2. The van der Waals surface area contributed by atoms with E-state index in [9.17, 15) is 4.39 Å². The van der Waals surface area contributed by atoms with E-state index in [1.165, 1.54) is 0 Å². The highest BCUT2D eigenvalue weighted by atomic mass is 127. The Bertz CT molecular complexity index is 465. The summed E-state index contributed by atoms with van der Waals surface area (Å²) in [5, 5.41) is 0. The van der Waals surface area contributed by atoms with Crippen molar-refractivity contribution in [3.63, 3.8) is 0 Å². The largest absolute Gasteiger partial charge is 0.222 e. The van der Waals surface area contributed by atoms with Gasteiger partial charge in [-0.3, -0.25) is 0 Å². The molecule has 2 unspecified atom stereocenters. The summed E-state index contributed by atoms with van der Waals surface area (Å²) in [4.78, 5) is 0. The van der Waals surface area contributed by atoms with Crippen molar-refractivity contribution in [2.75, 3.05) is 0 Å². The molecule has 0 N–H and O–H groups in total. The molecule has 17 heavy (non-hydrogen) atoms. The van der Waals surface area contributed by atoms with E-state index in [-0.39, 0.29) is 0 Å². The molecule has 0 aromatic heterocycles. The quantitative estimate of drug-likeness (QED) is 0.310. The Kier molecular flexibility index (Phi) is 3.98. The van der Waals surface area contributed by atoms with E-state index in [1.54, 1.807) is 0 Å². The molecule has 0 spiro atoms. The first-order valence-corrected chi connectivity index (χ1v) is 7.71. The molecule has 3 heteroatoms. The molecule has 0 bridgehead atoms. The van der Waals surface area contributed by atoms with Crippen LogP contribution in [-0.2, 0) is 3.68 Å². The minimum atomic E-state index is -1.37. The molecule has 0 saturated heterocycles. The summed E-state index contributed by atoms with van der Waals surface area (Å²) in [6.07, 6.45) is 3.81. The Hall–Kier alpha value is 0.1000. The Morgan fingerprint density at radius 3 is 2.88 bits per heavy atom. The van der Waals surface area contributed by atoms with Crippen LogP contribution in [0.2, 0.25) is 0 Å². The molecule has 2 rings (SSSR count). The highest BCUT2D eigenvalue weighted by Gasteiger charge is 2.42. The molecule has 1 aromatic rings. The summed E-state index contributed by atoms with van der Waals surface area (Å²) >= 11 is 5.43. The van der Waals surface area contributed by atoms with Crippen molar-refractivity contribution in [1.29, 1.82) is 0 Å². The minimum absolute atomic E-state index is 0.437. The zero-order valence-electron chi connectivity index (χ0n) is 9.93. The molecule has 2 atom stereocenters.